The second-order valence-corrected chi connectivity index (χ2v) is 6.50. The maximum atomic E-state index is 5.39. The minimum atomic E-state index is 0.781. The van der Waals surface area contributed by atoms with Crippen LogP contribution in [0.2, 0.25) is 0 Å². The Morgan fingerprint density at radius 2 is 1.48 bits per heavy atom. The summed E-state index contributed by atoms with van der Waals surface area (Å²) in [6, 6.07) is 21.4. The van der Waals surface area contributed by atoms with Crippen molar-refractivity contribution in [3.63, 3.8) is 0 Å². The smallest absolute Gasteiger partial charge is 0.160 e. The monoisotopic (exact) mass is 336 g/mol. The third-order valence-electron chi connectivity index (χ3n) is 4.61. The SMILES string of the molecule is COc1ccc(CC[NH+](C)Cc2ccc3ccccc3c2)cc1OC. The van der Waals surface area contributed by atoms with Gasteiger partial charge in [-0.05, 0) is 34.5 Å². The molecular weight excluding hydrogens is 310 g/mol. The molecule has 1 atom stereocenters. The van der Waals surface area contributed by atoms with E-state index in [1.807, 2.05) is 6.07 Å². The molecule has 3 aromatic carbocycles. The third-order valence-corrected chi connectivity index (χ3v) is 4.61. The molecule has 0 aromatic heterocycles. The molecule has 0 amide bonds. The number of nitrogens with one attached hydrogen (secondary N) is 1. The molecule has 3 heteroatoms. The Morgan fingerprint density at radius 1 is 0.760 bits per heavy atom. The van der Waals surface area contributed by atoms with Crippen molar-refractivity contribution in [3.8, 4) is 11.5 Å². The molecule has 0 saturated heterocycles. The van der Waals surface area contributed by atoms with Crippen LogP contribution in [0.3, 0.4) is 0 Å². The average Bonchev–Trinajstić information content (AvgIpc) is 2.66. The minimum Gasteiger partial charge on any atom is -0.493 e. The Hall–Kier alpha value is -2.52. The Balaban J connectivity index is 1.61. The van der Waals surface area contributed by atoms with Crippen LogP contribution in [-0.4, -0.2) is 27.8 Å². The van der Waals surface area contributed by atoms with Crippen LogP contribution < -0.4 is 14.4 Å². The van der Waals surface area contributed by atoms with Gasteiger partial charge in [0, 0.05) is 12.0 Å². The fraction of sp³-hybridized carbons (Fsp3) is 0.273. The van der Waals surface area contributed by atoms with E-state index in [0.717, 1.165) is 31.0 Å². The van der Waals surface area contributed by atoms with Gasteiger partial charge in [0.25, 0.3) is 0 Å². The molecule has 25 heavy (non-hydrogen) atoms. The number of benzene rings is 3. The predicted octanol–water partition coefficient (Wildman–Crippen LogP) is 3.11. The minimum absolute atomic E-state index is 0.781. The van der Waals surface area contributed by atoms with E-state index in [9.17, 15) is 0 Å². The number of hydrogen-bond acceptors (Lipinski definition) is 2. The fourth-order valence-corrected chi connectivity index (χ4v) is 3.18. The van der Waals surface area contributed by atoms with Gasteiger partial charge in [-0.1, -0.05) is 42.5 Å². The molecule has 0 aliphatic carbocycles. The summed E-state index contributed by atoms with van der Waals surface area (Å²) < 4.78 is 10.7. The topological polar surface area (TPSA) is 22.9 Å². The van der Waals surface area contributed by atoms with Crippen molar-refractivity contribution >= 4 is 10.8 Å². The zero-order chi connectivity index (χ0) is 17.6. The van der Waals surface area contributed by atoms with Crippen LogP contribution in [-0.2, 0) is 13.0 Å². The van der Waals surface area contributed by atoms with Crippen molar-refractivity contribution in [3.05, 3.63) is 71.8 Å². The van der Waals surface area contributed by atoms with E-state index in [1.54, 1.807) is 14.2 Å². The van der Waals surface area contributed by atoms with Crippen molar-refractivity contribution in [1.82, 2.24) is 0 Å². The van der Waals surface area contributed by atoms with Gasteiger partial charge in [-0.15, -0.1) is 0 Å². The summed E-state index contributed by atoms with van der Waals surface area (Å²) >= 11 is 0. The van der Waals surface area contributed by atoms with E-state index < -0.39 is 0 Å². The van der Waals surface area contributed by atoms with Crippen LogP contribution in [0.15, 0.2) is 60.7 Å². The summed E-state index contributed by atoms with van der Waals surface area (Å²) in [4.78, 5) is 1.49. The number of quaternary nitrogens is 1. The van der Waals surface area contributed by atoms with Crippen molar-refractivity contribution < 1.29 is 14.4 Å². The maximum absolute atomic E-state index is 5.39. The molecule has 130 valence electrons. The summed E-state index contributed by atoms with van der Waals surface area (Å²) in [7, 11) is 5.59. The van der Waals surface area contributed by atoms with E-state index in [1.165, 1.54) is 26.8 Å². The van der Waals surface area contributed by atoms with Gasteiger partial charge in [0.1, 0.15) is 6.54 Å². The molecule has 0 aliphatic heterocycles. The van der Waals surface area contributed by atoms with Crippen LogP contribution in [0.4, 0.5) is 0 Å². The van der Waals surface area contributed by atoms with Crippen LogP contribution >= 0.6 is 0 Å². The predicted molar refractivity (Wildman–Crippen MR) is 103 cm³/mol. The lowest BCUT2D eigenvalue weighted by molar-refractivity contribution is -0.893. The summed E-state index contributed by atoms with van der Waals surface area (Å²) in [5, 5.41) is 2.61. The highest BCUT2D eigenvalue weighted by atomic mass is 16.5. The highest BCUT2D eigenvalue weighted by molar-refractivity contribution is 5.82. The Labute approximate surface area is 149 Å². The molecule has 0 heterocycles. The lowest BCUT2D eigenvalue weighted by Crippen LogP contribution is -3.07. The quantitative estimate of drug-likeness (QED) is 0.716. The average molecular weight is 336 g/mol. The Morgan fingerprint density at radius 3 is 2.24 bits per heavy atom. The molecule has 3 aromatic rings. The summed E-state index contributed by atoms with van der Waals surface area (Å²) in [5.74, 6) is 1.58. The van der Waals surface area contributed by atoms with Crippen LogP contribution in [0.25, 0.3) is 10.8 Å². The zero-order valence-electron chi connectivity index (χ0n) is 15.2. The molecule has 0 aliphatic rings. The first-order valence-corrected chi connectivity index (χ1v) is 8.69. The Kier molecular flexibility index (Phi) is 5.56. The van der Waals surface area contributed by atoms with E-state index in [-0.39, 0.29) is 0 Å². The second kappa shape index (κ2) is 8.04. The summed E-state index contributed by atoms with van der Waals surface area (Å²) in [6.07, 6.45) is 1.01. The number of methoxy groups -OCH3 is 2. The standard InChI is InChI=1S/C22H25NO2/c1-23(13-12-17-9-11-21(24-2)22(15-17)25-3)16-18-8-10-19-6-4-5-7-20(19)14-18/h4-11,14-15H,12-13,16H2,1-3H3/p+1. The molecule has 0 bridgehead atoms. The first-order chi connectivity index (χ1) is 12.2. The lowest BCUT2D eigenvalue weighted by Gasteiger charge is -2.15. The largest absolute Gasteiger partial charge is 0.493 e. The number of hydrogen-bond donors (Lipinski definition) is 1. The van der Waals surface area contributed by atoms with E-state index in [4.69, 9.17) is 9.47 Å². The molecule has 0 radical (unpaired) electrons. The first kappa shape index (κ1) is 17.3. The number of likely N-dealkylation sites (N-methyl/N-ethyl adjacent to an activating group) is 1. The first-order valence-electron chi connectivity index (χ1n) is 8.69. The molecule has 0 fully saturated rings. The van der Waals surface area contributed by atoms with Crippen LogP contribution in [0.1, 0.15) is 11.1 Å². The van der Waals surface area contributed by atoms with Crippen molar-refractivity contribution in [2.24, 2.45) is 0 Å². The van der Waals surface area contributed by atoms with Gasteiger partial charge in [-0.3, -0.25) is 0 Å². The highest BCUT2D eigenvalue weighted by Gasteiger charge is 2.08. The summed E-state index contributed by atoms with van der Waals surface area (Å²) in [6.45, 7) is 2.10. The number of rotatable bonds is 7. The van der Waals surface area contributed by atoms with E-state index >= 15 is 0 Å². The van der Waals surface area contributed by atoms with Gasteiger partial charge in [0.15, 0.2) is 11.5 Å². The second-order valence-electron chi connectivity index (χ2n) is 6.50. The van der Waals surface area contributed by atoms with Gasteiger partial charge in [-0.25, -0.2) is 0 Å². The van der Waals surface area contributed by atoms with E-state index in [0.29, 0.717) is 0 Å². The molecule has 3 rings (SSSR count). The molecule has 3 nitrogen and oxygen atoms in total. The molecule has 0 spiro atoms. The van der Waals surface area contributed by atoms with Gasteiger partial charge in [0.05, 0.1) is 27.8 Å². The van der Waals surface area contributed by atoms with Gasteiger partial charge < -0.3 is 14.4 Å². The van der Waals surface area contributed by atoms with Crippen molar-refractivity contribution in [2.75, 3.05) is 27.8 Å². The number of ether oxygens (including phenoxy) is 2. The maximum Gasteiger partial charge on any atom is 0.160 e. The third kappa shape index (κ3) is 4.31. The van der Waals surface area contributed by atoms with Gasteiger partial charge >= 0.3 is 0 Å². The Bertz CT molecular complexity index is 844. The van der Waals surface area contributed by atoms with Crippen LogP contribution in [0.5, 0.6) is 11.5 Å². The van der Waals surface area contributed by atoms with Crippen LogP contribution in [0, 0.1) is 0 Å². The number of fused-ring (bicyclic) bond motifs is 1. The lowest BCUT2D eigenvalue weighted by atomic mass is 10.1. The van der Waals surface area contributed by atoms with Gasteiger partial charge in [0.2, 0.25) is 0 Å². The molecule has 1 unspecified atom stereocenters. The normalized spacial score (nSPS) is 12.1. The van der Waals surface area contributed by atoms with E-state index in [2.05, 4.69) is 61.6 Å². The summed E-state index contributed by atoms with van der Waals surface area (Å²) in [5.41, 5.74) is 2.65. The van der Waals surface area contributed by atoms with Gasteiger partial charge in [-0.2, -0.15) is 0 Å². The molecular formula is C22H26NO2+. The molecule has 1 N–H and O–H groups in total. The van der Waals surface area contributed by atoms with Crippen molar-refractivity contribution in [2.45, 2.75) is 13.0 Å². The van der Waals surface area contributed by atoms with Crippen molar-refractivity contribution in [1.29, 1.82) is 0 Å². The zero-order valence-corrected chi connectivity index (χ0v) is 15.2. The highest BCUT2D eigenvalue weighted by Crippen LogP contribution is 2.27. The fourth-order valence-electron chi connectivity index (χ4n) is 3.18. The molecule has 0 saturated carbocycles.